The van der Waals surface area contributed by atoms with E-state index in [4.69, 9.17) is 5.73 Å². The zero-order valence-electron chi connectivity index (χ0n) is 6.88. The van der Waals surface area contributed by atoms with E-state index in [9.17, 15) is 0 Å². The number of aromatic nitrogens is 3. The fraction of sp³-hybridized carbons (Fsp3) is 0.714. The Morgan fingerprint density at radius 1 is 1.50 bits per heavy atom. The average Bonchev–Trinajstić information content (AvgIpc) is 2.54. The van der Waals surface area contributed by atoms with Crippen LogP contribution in [0.3, 0.4) is 0 Å². The number of aromatic amines is 1. The zero-order valence-corrected chi connectivity index (χ0v) is 6.88. The van der Waals surface area contributed by atoms with Gasteiger partial charge in [-0.05, 0) is 19.4 Å². The molecule has 2 rings (SSSR count). The number of hydrogen-bond donors (Lipinski definition) is 3. The second-order valence-corrected chi connectivity index (χ2v) is 3.12. The maximum Gasteiger partial charge on any atom is 0.239 e. The molecule has 0 radical (unpaired) electrons. The van der Waals surface area contributed by atoms with Crippen LogP contribution in [0.5, 0.6) is 0 Å². The van der Waals surface area contributed by atoms with Gasteiger partial charge < -0.3 is 11.1 Å². The summed E-state index contributed by atoms with van der Waals surface area (Å²) < 4.78 is 0. The molecule has 1 atom stereocenters. The highest BCUT2D eigenvalue weighted by atomic mass is 15.3. The molecule has 0 unspecified atom stereocenters. The van der Waals surface area contributed by atoms with Gasteiger partial charge in [0.05, 0.1) is 0 Å². The molecule has 5 nitrogen and oxygen atoms in total. The van der Waals surface area contributed by atoms with Gasteiger partial charge in [-0.2, -0.15) is 4.98 Å². The van der Waals surface area contributed by atoms with Crippen LogP contribution >= 0.6 is 0 Å². The number of anilines is 1. The second-order valence-electron chi connectivity index (χ2n) is 3.12. The van der Waals surface area contributed by atoms with Crippen LogP contribution in [0.25, 0.3) is 0 Å². The van der Waals surface area contributed by atoms with Crippen molar-refractivity contribution in [1.82, 2.24) is 20.5 Å². The van der Waals surface area contributed by atoms with Crippen LogP contribution in [0.15, 0.2) is 0 Å². The minimum atomic E-state index is 0.343. The van der Waals surface area contributed by atoms with E-state index in [1.165, 1.54) is 12.8 Å². The van der Waals surface area contributed by atoms with Crippen molar-refractivity contribution in [3.05, 3.63) is 5.82 Å². The fourth-order valence-electron chi connectivity index (χ4n) is 1.56. The Kier molecular flexibility index (Phi) is 1.95. The molecular formula is C7H13N5. The van der Waals surface area contributed by atoms with Gasteiger partial charge in [0, 0.05) is 12.5 Å². The van der Waals surface area contributed by atoms with Crippen LogP contribution in [-0.2, 0) is 0 Å². The van der Waals surface area contributed by atoms with E-state index >= 15 is 0 Å². The summed E-state index contributed by atoms with van der Waals surface area (Å²) in [6.07, 6.45) is 2.37. The second kappa shape index (κ2) is 3.10. The first kappa shape index (κ1) is 7.54. The minimum absolute atomic E-state index is 0.343. The van der Waals surface area contributed by atoms with E-state index in [0.29, 0.717) is 11.9 Å². The minimum Gasteiger partial charge on any atom is -0.367 e. The quantitative estimate of drug-likeness (QED) is 0.543. The molecule has 0 saturated carbocycles. The standard InChI is InChI=1S/C7H13N5/c8-7-10-6(11-12-7)5-2-1-3-9-4-5/h5,9H,1-4H2,(H3,8,10,11,12)/t5-/m0/s1. The molecular weight excluding hydrogens is 154 g/mol. The highest BCUT2D eigenvalue weighted by Crippen LogP contribution is 2.19. The molecule has 66 valence electrons. The normalized spacial score (nSPS) is 24.2. The van der Waals surface area contributed by atoms with E-state index in [0.717, 1.165) is 18.9 Å². The molecule has 0 spiro atoms. The Morgan fingerprint density at radius 2 is 2.42 bits per heavy atom. The molecule has 0 aromatic carbocycles. The van der Waals surface area contributed by atoms with Gasteiger partial charge in [0.1, 0.15) is 5.82 Å². The number of hydrogen-bond acceptors (Lipinski definition) is 4. The molecule has 5 heteroatoms. The SMILES string of the molecule is Nc1n[nH]c([C@H]2CCCNC2)n1. The summed E-state index contributed by atoms with van der Waals surface area (Å²) in [5, 5.41) is 9.97. The molecule has 12 heavy (non-hydrogen) atoms. The predicted octanol–water partition coefficient (Wildman–Crippen LogP) is -0.146. The van der Waals surface area contributed by atoms with Gasteiger partial charge in [0.15, 0.2) is 0 Å². The van der Waals surface area contributed by atoms with Gasteiger partial charge in [-0.25, -0.2) is 0 Å². The lowest BCUT2D eigenvalue weighted by Gasteiger charge is -2.19. The third-order valence-electron chi connectivity index (χ3n) is 2.20. The monoisotopic (exact) mass is 167 g/mol. The molecule has 1 aromatic heterocycles. The zero-order chi connectivity index (χ0) is 8.39. The molecule has 0 amide bonds. The number of rotatable bonds is 1. The summed E-state index contributed by atoms with van der Waals surface area (Å²) in [6, 6.07) is 0. The van der Waals surface area contributed by atoms with Gasteiger partial charge >= 0.3 is 0 Å². The van der Waals surface area contributed by atoms with Crippen molar-refractivity contribution in [2.24, 2.45) is 0 Å². The molecule has 2 heterocycles. The number of H-pyrrole nitrogens is 1. The highest BCUT2D eigenvalue weighted by Gasteiger charge is 2.17. The molecule has 1 saturated heterocycles. The van der Waals surface area contributed by atoms with Crippen molar-refractivity contribution in [3.8, 4) is 0 Å². The van der Waals surface area contributed by atoms with Crippen molar-refractivity contribution >= 4 is 5.95 Å². The number of nitrogen functional groups attached to an aromatic ring is 1. The van der Waals surface area contributed by atoms with Gasteiger partial charge in [0.25, 0.3) is 0 Å². The Labute approximate surface area is 70.8 Å². The van der Waals surface area contributed by atoms with Gasteiger partial charge in [-0.3, -0.25) is 5.10 Å². The van der Waals surface area contributed by atoms with Crippen LogP contribution in [-0.4, -0.2) is 28.3 Å². The fourth-order valence-corrected chi connectivity index (χ4v) is 1.56. The molecule has 0 bridgehead atoms. The van der Waals surface area contributed by atoms with Crippen LogP contribution in [0.4, 0.5) is 5.95 Å². The first-order chi connectivity index (χ1) is 5.86. The van der Waals surface area contributed by atoms with E-state index in [1.54, 1.807) is 0 Å². The average molecular weight is 167 g/mol. The number of piperidine rings is 1. The third-order valence-corrected chi connectivity index (χ3v) is 2.20. The predicted molar refractivity (Wildman–Crippen MR) is 45.6 cm³/mol. The van der Waals surface area contributed by atoms with Crippen LogP contribution < -0.4 is 11.1 Å². The topological polar surface area (TPSA) is 79.6 Å². The molecule has 1 aliphatic heterocycles. The highest BCUT2D eigenvalue weighted by molar-refractivity contribution is 5.15. The molecule has 0 aliphatic carbocycles. The largest absolute Gasteiger partial charge is 0.367 e. The lowest BCUT2D eigenvalue weighted by molar-refractivity contribution is 0.447. The van der Waals surface area contributed by atoms with Gasteiger partial charge in [-0.15, -0.1) is 5.10 Å². The van der Waals surface area contributed by atoms with E-state index in [-0.39, 0.29) is 0 Å². The first-order valence-electron chi connectivity index (χ1n) is 4.25. The van der Waals surface area contributed by atoms with E-state index in [1.807, 2.05) is 0 Å². The van der Waals surface area contributed by atoms with Crippen LogP contribution in [0.1, 0.15) is 24.6 Å². The van der Waals surface area contributed by atoms with Crippen molar-refractivity contribution in [3.63, 3.8) is 0 Å². The van der Waals surface area contributed by atoms with Crippen molar-refractivity contribution in [2.75, 3.05) is 18.8 Å². The first-order valence-corrected chi connectivity index (χ1v) is 4.25. The van der Waals surface area contributed by atoms with Gasteiger partial charge in [-0.1, -0.05) is 0 Å². The summed E-state index contributed by atoms with van der Waals surface area (Å²) in [4.78, 5) is 4.11. The summed E-state index contributed by atoms with van der Waals surface area (Å²) in [7, 11) is 0. The Morgan fingerprint density at radius 3 is 3.00 bits per heavy atom. The molecule has 1 fully saturated rings. The Hall–Kier alpha value is -1.10. The number of nitrogens with two attached hydrogens (primary N) is 1. The van der Waals surface area contributed by atoms with E-state index < -0.39 is 0 Å². The van der Waals surface area contributed by atoms with Crippen molar-refractivity contribution < 1.29 is 0 Å². The summed E-state index contributed by atoms with van der Waals surface area (Å²) >= 11 is 0. The number of nitrogens with one attached hydrogen (secondary N) is 2. The summed E-state index contributed by atoms with van der Waals surface area (Å²) in [5.74, 6) is 1.72. The van der Waals surface area contributed by atoms with Crippen molar-refractivity contribution in [1.29, 1.82) is 0 Å². The lowest BCUT2D eigenvalue weighted by atomic mass is 9.99. The smallest absolute Gasteiger partial charge is 0.239 e. The summed E-state index contributed by atoms with van der Waals surface area (Å²) in [6.45, 7) is 2.09. The third kappa shape index (κ3) is 1.40. The Balaban J connectivity index is 2.08. The maximum atomic E-state index is 5.41. The van der Waals surface area contributed by atoms with Gasteiger partial charge in [0.2, 0.25) is 5.95 Å². The molecule has 1 aliphatic rings. The molecule has 1 aromatic rings. The Bertz CT molecular complexity index is 250. The number of nitrogens with zero attached hydrogens (tertiary/aromatic N) is 2. The molecule has 4 N–H and O–H groups in total. The van der Waals surface area contributed by atoms with Crippen molar-refractivity contribution in [2.45, 2.75) is 18.8 Å². The lowest BCUT2D eigenvalue weighted by Crippen LogP contribution is -2.28. The van der Waals surface area contributed by atoms with Crippen LogP contribution in [0, 0.1) is 0 Å². The van der Waals surface area contributed by atoms with E-state index in [2.05, 4.69) is 20.5 Å². The summed E-state index contributed by atoms with van der Waals surface area (Å²) in [5.41, 5.74) is 5.41. The maximum absolute atomic E-state index is 5.41. The van der Waals surface area contributed by atoms with Crippen LogP contribution in [0.2, 0.25) is 0 Å².